The van der Waals surface area contributed by atoms with Gasteiger partial charge in [-0.05, 0) is 54.5 Å². The zero-order valence-corrected chi connectivity index (χ0v) is 23.2. The second kappa shape index (κ2) is 13.2. The predicted molar refractivity (Wildman–Crippen MR) is 142 cm³/mol. The van der Waals surface area contributed by atoms with E-state index >= 15 is 0 Å². The van der Waals surface area contributed by atoms with Gasteiger partial charge in [0.05, 0.1) is 36.3 Å². The van der Waals surface area contributed by atoms with Gasteiger partial charge in [0.2, 0.25) is 0 Å². The molecule has 1 unspecified atom stereocenters. The minimum atomic E-state index is -4.28. The number of ether oxygens (including phenoxy) is 1. The average Bonchev–Trinajstić information content (AvgIpc) is 2.85. The van der Waals surface area contributed by atoms with Gasteiger partial charge < -0.3 is 20.3 Å². The maximum absolute atomic E-state index is 14.0. The number of carboxylic acid groups (broad SMARTS) is 1. The van der Waals surface area contributed by atoms with Gasteiger partial charge in [0.25, 0.3) is 10.0 Å². The van der Waals surface area contributed by atoms with Crippen LogP contribution >= 0.6 is 0 Å². The van der Waals surface area contributed by atoms with Crippen molar-refractivity contribution in [2.45, 2.75) is 83.1 Å². The molecule has 0 radical (unpaired) electrons. The number of nitrogens with zero attached hydrogens (tertiary/aromatic N) is 1. The molecule has 0 bridgehead atoms. The molecule has 0 aliphatic rings. The van der Waals surface area contributed by atoms with Crippen molar-refractivity contribution >= 4 is 16.1 Å². The number of hydrogen-bond donors (Lipinski definition) is 3. The lowest BCUT2D eigenvalue weighted by atomic mass is 9.80. The van der Waals surface area contributed by atoms with Crippen LogP contribution in [0.5, 0.6) is 5.75 Å². The lowest BCUT2D eigenvalue weighted by molar-refractivity contribution is -0.199. The standard InChI is InChI=1S/C27H40N2O7S/c1-7-20(8-2)36-29(37(33,34)22-16-14-21(35-6)15-17-22)25(27(3,4)5)24(30)23(28-26(31)32)18-19-12-10-9-11-13-19/h9-17,20,23-25,28,30H,7-8,18H2,1-6H3,(H,31,32)/t23-,24+,25?/m0/s1. The van der Waals surface area contributed by atoms with Gasteiger partial charge >= 0.3 is 6.09 Å². The first-order valence-corrected chi connectivity index (χ1v) is 13.9. The monoisotopic (exact) mass is 536 g/mol. The average molecular weight is 537 g/mol. The van der Waals surface area contributed by atoms with Gasteiger partial charge in [0, 0.05) is 0 Å². The molecule has 2 rings (SSSR count). The number of hydroxylamine groups is 1. The molecule has 9 nitrogen and oxygen atoms in total. The molecule has 3 N–H and O–H groups in total. The first-order valence-electron chi connectivity index (χ1n) is 12.4. The van der Waals surface area contributed by atoms with Crippen molar-refractivity contribution in [3.63, 3.8) is 0 Å². The number of carbonyl (C=O) groups is 1. The molecule has 0 aromatic heterocycles. The number of aliphatic hydroxyl groups excluding tert-OH is 1. The largest absolute Gasteiger partial charge is 0.497 e. The Labute approximate surface area is 220 Å². The van der Waals surface area contributed by atoms with E-state index in [1.165, 1.54) is 31.4 Å². The van der Waals surface area contributed by atoms with E-state index in [4.69, 9.17) is 9.57 Å². The molecule has 0 spiro atoms. The molecule has 0 saturated heterocycles. The van der Waals surface area contributed by atoms with Crippen LogP contribution in [0.3, 0.4) is 0 Å². The van der Waals surface area contributed by atoms with Crippen LogP contribution in [0.1, 0.15) is 53.0 Å². The molecule has 2 aromatic rings. The van der Waals surface area contributed by atoms with Crippen molar-refractivity contribution < 1.29 is 33.0 Å². The minimum Gasteiger partial charge on any atom is -0.497 e. The van der Waals surface area contributed by atoms with Crippen molar-refractivity contribution in [3.05, 3.63) is 60.2 Å². The molecular weight excluding hydrogens is 496 g/mol. The number of methoxy groups -OCH3 is 1. The quantitative estimate of drug-likeness (QED) is 0.323. The van der Waals surface area contributed by atoms with Crippen molar-refractivity contribution in [3.8, 4) is 5.75 Å². The van der Waals surface area contributed by atoms with E-state index in [2.05, 4.69) is 5.32 Å². The highest BCUT2D eigenvalue weighted by Crippen LogP contribution is 2.35. The van der Waals surface area contributed by atoms with Gasteiger partial charge in [0.15, 0.2) is 0 Å². The Kier molecular flexibility index (Phi) is 10.9. The summed E-state index contributed by atoms with van der Waals surface area (Å²) < 4.78 is 34.1. The Hall–Kier alpha value is -2.66. The summed E-state index contributed by atoms with van der Waals surface area (Å²) in [6.45, 7) is 9.13. The van der Waals surface area contributed by atoms with Crippen molar-refractivity contribution in [2.75, 3.05) is 7.11 Å². The Bertz CT molecular complexity index is 1080. The molecule has 0 aliphatic heterocycles. The second-order valence-electron chi connectivity index (χ2n) is 10.0. The van der Waals surface area contributed by atoms with E-state index < -0.39 is 45.8 Å². The number of hydrogen-bond acceptors (Lipinski definition) is 6. The van der Waals surface area contributed by atoms with E-state index in [-0.39, 0.29) is 11.3 Å². The zero-order chi connectivity index (χ0) is 27.8. The summed E-state index contributed by atoms with van der Waals surface area (Å²) in [7, 11) is -2.80. The predicted octanol–water partition coefficient (Wildman–Crippen LogP) is 4.46. The number of sulfonamides is 1. The maximum atomic E-state index is 14.0. The summed E-state index contributed by atoms with van der Waals surface area (Å²) in [6, 6.07) is 12.9. The van der Waals surface area contributed by atoms with Crippen LogP contribution in [0, 0.1) is 5.41 Å². The van der Waals surface area contributed by atoms with Crippen LogP contribution in [-0.4, -0.2) is 60.6 Å². The SMILES string of the molecule is CCC(CC)ON(C([C@H](O)[C@H](Cc1ccccc1)NC(=O)O)C(C)(C)C)S(=O)(=O)c1ccc(OC)cc1. The highest BCUT2D eigenvalue weighted by molar-refractivity contribution is 7.89. The maximum Gasteiger partial charge on any atom is 0.404 e. The number of nitrogens with one attached hydrogen (secondary N) is 1. The van der Waals surface area contributed by atoms with Crippen LogP contribution in [0.25, 0.3) is 0 Å². The fourth-order valence-electron chi connectivity index (χ4n) is 4.17. The van der Waals surface area contributed by atoms with Crippen molar-refractivity contribution in [1.82, 2.24) is 9.79 Å². The third kappa shape index (κ3) is 8.16. The molecule has 37 heavy (non-hydrogen) atoms. The first-order chi connectivity index (χ1) is 17.3. The summed E-state index contributed by atoms with van der Waals surface area (Å²) in [4.78, 5) is 17.8. The second-order valence-corrected chi connectivity index (χ2v) is 11.8. The van der Waals surface area contributed by atoms with E-state index in [9.17, 15) is 23.4 Å². The third-order valence-electron chi connectivity index (χ3n) is 6.22. The highest BCUT2D eigenvalue weighted by atomic mass is 32.2. The topological polar surface area (TPSA) is 125 Å². The Morgan fingerprint density at radius 3 is 2.05 bits per heavy atom. The van der Waals surface area contributed by atoms with Gasteiger partial charge in [-0.1, -0.05) is 69.4 Å². The molecule has 3 atom stereocenters. The summed E-state index contributed by atoms with van der Waals surface area (Å²) in [6.07, 6.45) is -1.97. The van der Waals surface area contributed by atoms with Crippen LogP contribution < -0.4 is 10.1 Å². The molecule has 0 fully saturated rings. The van der Waals surface area contributed by atoms with Crippen molar-refractivity contribution in [1.29, 1.82) is 0 Å². The fourth-order valence-corrected chi connectivity index (χ4v) is 5.83. The molecule has 0 heterocycles. The zero-order valence-electron chi connectivity index (χ0n) is 22.4. The highest BCUT2D eigenvalue weighted by Gasteiger charge is 2.47. The van der Waals surface area contributed by atoms with E-state index in [0.717, 1.165) is 10.0 Å². The lowest BCUT2D eigenvalue weighted by Gasteiger charge is -2.44. The molecule has 10 heteroatoms. The molecule has 2 aromatic carbocycles. The summed E-state index contributed by atoms with van der Waals surface area (Å²) in [5, 5.41) is 23.6. The number of rotatable bonds is 13. The van der Waals surface area contributed by atoms with E-state index in [0.29, 0.717) is 18.6 Å². The molecule has 0 saturated carbocycles. The first kappa shape index (κ1) is 30.6. The number of benzene rings is 2. The molecular formula is C27H40N2O7S. The number of aliphatic hydroxyl groups is 1. The molecule has 206 valence electrons. The van der Waals surface area contributed by atoms with Crippen LogP contribution in [0.15, 0.2) is 59.5 Å². The lowest BCUT2D eigenvalue weighted by Crippen LogP contribution is -2.61. The van der Waals surface area contributed by atoms with Crippen LogP contribution in [0.4, 0.5) is 4.79 Å². The van der Waals surface area contributed by atoms with Gasteiger partial charge in [-0.25, -0.2) is 13.2 Å². The normalized spacial score (nSPS) is 14.8. The van der Waals surface area contributed by atoms with Crippen LogP contribution in [0.2, 0.25) is 0 Å². The van der Waals surface area contributed by atoms with Gasteiger partial charge in [0.1, 0.15) is 5.75 Å². The van der Waals surface area contributed by atoms with Gasteiger partial charge in [-0.3, -0.25) is 4.84 Å². The van der Waals surface area contributed by atoms with Gasteiger partial charge in [-0.15, -0.1) is 0 Å². The summed E-state index contributed by atoms with van der Waals surface area (Å²) in [5.41, 5.74) is -0.0569. The van der Waals surface area contributed by atoms with E-state index in [1.54, 1.807) is 20.8 Å². The molecule has 1 amide bonds. The van der Waals surface area contributed by atoms with Gasteiger partial charge in [-0.2, -0.15) is 0 Å². The Morgan fingerprint density at radius 2 is 1.59 bits per heavy atom. The third-order valence-corrected chi connectivity index (χ3v) is 7.87. The Balaban J connectivity index is 2.63. The summed E-state index contributed by atoms with van der Waals surface area (Å²) in [5.74, 6) is 0.493. The fraction of sp³-hybridized carbons (Fsp3) is 0.519. The number of amides is 1. The minimum absolute atomic E-state index is 0.0356. The smallest absolute Gasteiger partial charge is 0.404 e. The van der Waals surface area contributed by atoms with E-state index in [1.807, 2.05) is 44.2 Å². The summed E-state index contributed by atoms with van der Waals surface area (Å²) >= 11 is 0. The Morgan fingerprint density at radius 1 is 1.03 bits per heavy atom. The molecule has 0 aliphatic carbocycles. The van der Waals surface area contributed by atoms with Crippen LogP contribution in [-0.2, 0) is 21.3 Å². The van der Waals surface area contributed by atoms with Crippen molar-refractivity contribution in [2.24, 2.45) is 5.41 Å².